The van der Waals surface area contributed by atoms with Crippen molar-refractivity contribution in [3.8, 4) is 0 Å². The Morgan fingerprint density at radius 2 is 1.96 bits per heavy atom. The van der Waals surface area contributed by atoms with Gasteiger partial charge in [0.1, 0.15) is 0 Å². The largest absolute Gasteiger partial charge is 0.331 e. The van der Waals surface area contributed by atoms with Crippen molar-refractivity contribution in [3.63, 3.8) is 0 Å². The minimum Gasteiger partial charge on any atom is -0.331 e. The highest BCUT2D eigenvalue weighted by molar-refractivity contribution is 5.75. The van der Waals surface area contributed by atoms with E-state index in [2.05, 4.69) is 46.3 Å². The summed E-state index contributed by atoms with van der Waals surface area (Å²) in [4.78, 5) is 14.6. The summed E-state index contributed by atoms with van der Waals surface area (Å²) >= 11 is 0. The van der Waals surface area contributed by atoms with E-state index in [-0.39, 0.29) is 12.1 Å². The van der Waals surface area contributed by atoms with E-state index in [0.29, 0.717) is 0 Å². The predicted molar refractivity (Wildman–Crippen MR) is 102 cm³/mol. The highest BCUT2D eigenvalue weighted by Crippen LogP contribution is 2.30. The lowest BCUT2D eigenvalue weighted by Crippen LogP contribution is -2.45. The fraction of sp³-hybridized carbons (Fsp3) is 0.524. The van der Waals surface area contributed by atoms with Gasteiger partial charge in [0.25, 0.3) is 0 Å². The third kappa shape index (κ3) is 3.62. The predicted octanol–water partition coefficient (Wildman–Crippen LogP) is 3.75. The molecule has 2 aromatic rings. The number of nitrogens with zero attached hydrogens (tertiary/aromatic N) is 3. The molecule has 1 unspecified atom stereocenters. The molecule has 1 fully saturated rings. The van der Waals surface area contributed by atoms with Crippen LogP contribution in [0.3, 0.4) is 0 Å². The quantitative estimate of drug-likeness (QED) is 0.914. The highest BCUT2D eigenvalue weighted by Gasteiger charge is 2.28. The molecular weight excluding hydrogens is 324 g/mol. The molecule has 2 amide bonds. The van der Waals surface area contributed by atoms with E-state index in [1.54, 1.807) is 0 Å². The first-order chi connectivity index (χ1) is 12.7. The minimum absolute atomic E-state index is 0.0885. The van der Waals surface area contributed by atoms with Crippen LogP contribution in [0.5, 0.6) is 0 Å². The summed E-state index contributed by atoms with van der Waals surface area (Å²) in [5.74, 6) is 0.733. The zero-order valence-electron chi connectivity index (χ0n) is 15.5. The lowest BCUT2D eigenvalue weighted by atomic mass is 9.93. The number of urea groups is 1. The normalized spacial score (nSPS) is 20.7. The summed E-state index contributed by atoms with van der Waals surface area (Å²) in [5, 5.41) is 7.90. The Labute approximate surface area is 155 Å². The van der Waals surface area contributed by atoms with Crippen LogP contribution in [0.25, 0.3) is 0 Å². The Bertz CT molecular complexity index is 747. The van der Waals surface area contributed by atoms with Gasteiger partial charge in [-0.25, -0.2) is 4.79 Å². The number of aromatic nitrogens is 2. The van der Waals surface area contributed by atoms with Crippen molar-refractivity contribution in [2.24, 2.45) is 5.92 Å². The fourth-order valence-corrected chi connectivity index (χ4v) is 4.11. The molecule has 0 saturated carbocycles. The number of rotatable bonds is 3. The molecule has 5 nitrogen and oxygen atoms in total. The summed E-state index contributed by atoms with van der Waals surface area (Å²) < 4.78 is 2.10. The maximum Gasteiger partial charge on any atom is 0.317 e. The second-order valence-corrected chi connectivity index (χ2v) is 7.75. The van der Waals surface area contributed by atoms with Gasteiger partial charge < -0.3 is 10.2 Å². The number of piperidine rings is 1. The molecular formula is C21H28N4O. The van der Waals surface area contributed by atoms with E-state index in [0.717, 1.165) is 57.7 Å². The van der Waals surface area contributed by atoms with Gasteiger partial charge in [0, 0.05) is 24.3 Å². The highest BCUT2D eigenvalue weighted by atomic mass is 16.2. The number of carbonyl (C=O) groups excluding carboxylic acids is 1. The second-order valence-electron chi connectivity index (χ2n) is 7.75. The lowest BCUT2D eigenvalue weighted by molar-refractivity contribution is 0.169. The van der Waals surface area contributed by atoms with Crippen LogP contribution in [0, 0.1) is 5.92 Å². The van der Waals surface area contributed by atoms with Crippen molar-refractivity contribution in [3.05, 3.63) is 53.3 Å². The van der Waals surface area contributed by atoms with Gasteiger partial charge in [-0.1, -0.05) is 37.3 Å². The van der Waals surface area contributed by atoms with Gasteiger partial charge in [-0.3, -0.25) is 4.68 Å². The van der Waals surface area contributed by atoms with E-state index in [4.69, 9.17) is 0 Å². The molecule has 2 heterocycles. The van der Waals surface area contributed by atoms with E-state index in [1.807, 2.05) is 17.2 Å². The molecule has 4 rings (SSSR count). The number of hydrogen-bond acceptors (Lipinski definition) is 2. The van der Waals surface area contributed by atoms with Crippen molar-refractivity contribution in [1.82, 2.24) is 20.0 Å². The average Bonchev–Trinajstić information content (AvgIpc) is 3.07. The van der Waals surface area contributed by atoms with Crippen molar-refractivity contribution < 1.29 is 4.79 Å². The van der Waals surface area contributed by atoms with Gasteiger partial charge in [0.05, 0.1) is 18.8 Å². The number of hydrogen-bond donors (Lipinski definition) is 1. The second kappa shape index (κ2) is 7.52. The molecule has 138 valence electrons. The van der Waals surface area contributed by atoms with Gasteiger partial charge in [0.2, 0.25) is 0 Å². The van der Waals surface area contributed by atoms with E-state index >= 15 is 0 Å². The molecule has 0 bridgehead atoms. The number of amides is 2. The molecule has 1 aliphatic carbocycles. The van der Waals surface area contributed by atoms with Crippen LogP contribution in [-0.4, -0.2) is 33.8 Å². The Morgan fingerprint density at radius 3 is 2.73 bits per heavy atom. The molecule has 2 aliphatic rings. The fourth-order valence-electron chi connectivity index (χ4n) is 4.11. The van der Waals surface area contributed by atoms with E-state index < -0.39 is 0 Å². The van der Waals surface area contributed by atoms with Crippen LogP contribution >= 0.6 is 0 Å². The molecule has 0 spiro atoms. The summed E-state index contributed by atoms with van der Waals surface area (Å²) in [6.07, 6.45) is 7.31. The number of likely N-dealkylation sites (tertiary alicyclic amines) is 1. The standard InChI is InChI=1S/C21H28N4O/c1-16-10-12-24(13-11-16)21(26)23-19-8-5-9-20-18(19)14-22-25(20)15-17-6-3-2-4-7-17/h2-4,6-7,14,16,19H,5,8-13,15H2,1H3,(H,23,26). The van der Waals surface area contributed by atoms with Crippen LogP contribution in [0.1, 0.15) is 55.5 Å². The van der Waals surface area contributed by atoms with Crippen LogP contribution in [0.15, 0.2) is 36.5 Å². The summed E-state index contributed by atoms with van der Waals surface area (Å²) in [5.41, 5.74) is 3.73. The maximum absolute atomic E-state index is 12.7. The Hall–Kier alpha value is -2.30. The van der Waals surface area contributed by atoms with Crippen LogP contribution in [0.2, 0.25) is 0 Å². The zero-order valence-corrected chi connectivity index (χ0v) is 15.5. The summed E-state index contributed by atoms with van der Waals surface area (Å²) in [6, 6.07) is 10.6. The molecule has 1 aromatic heterocycles. The molecule has 1 atom stereocenters. The van der Waals surface area contributed by atoms with Gasteiger partial charge in [0.15, 0.2) is 0 Å². The number of fused-ring (bicyclic) bond motifs is 1. The summed E-state index contributed by atoms with van der Waals surface area (Å²) in [6.45, 7) is 4.81. The first-order valence-corrected chi connectivity index (χ1v) is 9.84. The van der Waals surface area contributed by atoms with Crippen LogP contribution in [-0.2, 0) is 13.0 Å². The van der Waals surface area contributed by atoms with Gasteiger partial charge in [-0.2, -0.15) is 5.10 Å². The van der Waals surface area contributed by atoms with Crippen LogP contribution < -0.4 is 5.32 Å². The zero-order chi connectivity index (χ0) is 17.9. The lowest BCUT2D eigenvalue weighted by Gasteiger charge is -2.33. The summed E-state index contributed by atoms with van der Waals surface area (Å²) in [7, 11) is 0. The van der Waals surface area contributed by atoms with E-state index in [9.17, 15) is 4.79 Å². The van der Waals surface area contributed by atoms with Crippen molar-refractivity contribution >= 4 is 6.03 Å². The Balaban J connectivity index is 1.45. The molecule has 1 aliphatic heterocycles. The Morgan fingerprint density at radius 1 is 1.19 bits per heavy atom. The molecule has 26 heavy (non-hydrogen) atoms. The van der Waals surface area contributed by atoms with Gasteiger partial charge in [-0.15, -0.1) is 0 Å². The maximum atomic E-state index is 12.7. The molecule has 5 heteroatoms. The third-order valence-electron chi connectivity index (χ3n) is 5.81. The Kier molecular flexibility index (Phi) is 4.96. The molecule has 0 radical (unpaired) electrons. The molecule has 1 saturated heterocycles. The first kappa shape index (κ1) is 17.1. The van der Waals surface area contributed by atoms with Gasteiger partial charge >= 0.3 is 6.03 Å². The third-order valence-corrected chi connectivity index (χ3v) is 5.81. The number of carbonyl (C=O) groups is 1. The monoisotopic (exact) mass is 352 g/mol. The van der Waals surface area contributed by atoms with Gasteiger partial charge in [-0.05, 0) is 43.6 Å². The van der Waals surface area contributed by atoms with Crippen molar-refractivity contribution in [1.29, 1.82) is 0 Å². The molecule has 1 aromatic carbocycles. The van der Waals surface area contributed by atoms with E-state index in [1.165, 1.54) is 16.8 Å². The topological polar surface area (TPSA) is 50.2 Å². The SMILES string of the molecule is CC1CCN(C(=O)NC2CCCc3c2cnn3Cc2ccccc2)CC1. The van der Waals surface area contributed by atoms with Crippen LogP contribution in [0.4, 0.5) is 4.79 Å². The first-order valence-electron chi connectivity index (χ1n) is 9.84. The van der Waals surface area contributed by atoms with Crippen molar-refractivity contribution in [2.75, 3.05) is 13.1 Å². The molecule has 1 N–H and O–H groups in total. The smallest absolute Gasteiger partial charge is 0.317 e. The van der Waals surface area contributed by atoms with Crippen molar-refractivity contribution in [2.45, 2.75) is 51.6 Å². The number of nitrogens with one attached hydrogen (secondary N) is 1. The average molecular weight is 352 g/mol. The number of benzene rings is 1. The minimum atomic E-state index is 0.0885.